The zero-order chi connectivity index (χ0) is 13.8. The molecule has 0 saturated carbocycles. The summed E-state index contributed by atoms with van der Waals surface area (Å²) in [5.74, 6) is 1.06. The monoisotopic (exact) mass is 315 g/mol. The summed E-state index contributed by atoms with van der Waals surface area (Å²) in [7, 11) is 0. The van der Waals surface area contributed by atoms with Gasteiger partial charge in [-0.15, -0.1) is 0 Å². The van der Waals surface area contributed by atoms with Gasteiger partial charge in [0, 0.05) is 5.02 Å². The van der Waals surface area contributed by atoms with Crippen LogP contribution in [0.1, 0.15) is 5.56 Å². The van der Waals surface area contributed by atoms with E-state index >= 15 is 0 Å². The molecule has 0 aromatic heterocycles. The zero-order valence-corrected chi connectivity index (χ0v) is 12.3. The first-order valence-corrected chi connectivity index (χ1v) is 6.85. The molecule has 0 amide bonds. The summed E-state index contributed by atoms with van der Waals surface area (Å²) >= 11 is 18.0. The SMILES string of the molecule is NCCc1ccc(Oc2c(Cl)cc(Cl)cc2Cl)cc1. The van der Waals surface area contributed by atoms with Crippen molar-refractivity contribution in [2.45, 2.75) is 6.42 Å². The molecular weight excluding hydrogens is 305 g/mol. The lowest BCUT2D eigenvalue weighted by Crippen LogP contribution is -2.02. The summed E-state index contributed by atoms with van der Waals surface area (Å²) in [6.45, 7) is 0.620. The summed E-state index contributed by atoms with van der Waals surface area (Å²) in [6.07, 6.45) is 0.836. The maximum Gasteiger partial charge on any atom is 0.164 e. The summed E-state index contributed by atoms with van der Waals surface area (Å²) < 4.78 is 5.67. The van der Waals surface area contributed by atoms with Crippen molar-refractivity contribution in [3.8, 4) is 11.5 Å². The third-order valence-electron chi connectivity index (χ3n) is 2.54. The molecule has 0 unspecified atom stereocenters. The van der Waals surface area contributed by atoms with Crippen molar-refractivity contribution in [3.63, 3.8) is 0 Å². The molecule has 0 spiro atoms. The van der Waals surface area contributed by atoms with Crippen molar-refractivity contribution >= 4 is 34.8 Å². The van der Waals surface area contributed by atoms with Gasteiger partial charge in [-0.3, -0.25) is 0 Å². The minimum Gasteiger partial charge on any atom is -0.454 e. The van der Waals surface area contributed by atoms with Gasteiger partial charge in [0.05, 0.1) is 10.0 Å². The van der Waals surface area contributed by atoms with Crippen molar-refractivity contribution in [1.29, 1.82) is 0 Å². The van der Waals surface area contributed by atoms with Crippen molar-refractivity contribution < 1.29 is 4.74 Å². The van der Waals surface area contributed by atoms with Gasteiger partial charge in [-0.1, -0.05) is 46.9 Å². The Kier molecular flexibility index (Phi) is 4.94. The largest absolute Gasteiger partial charge is 0.454 e. The van der Waals surface area contributed by atoms with Crippen LogP contribution in [0.3, 0.4) is 0 Å². The third-order valence-corrected chi connectivity index (χ3v) is 3.32. The fourth-order valence-electron chi connectivity index (χ4n) is 1.64. The zero-order valence-electron chi connectivity index (χ0n) is 10.00. The Morgan fingerprint density at radius 3 is 2.05 bits per heavy atom. The lowest BCUT2D eigenvalue weighted by Gasteiger charge is -2.10. The highest BCUT2D eigenvalue weighted by atomic mass is 35.5. The number of ether oxygens (including phenoxy) is 1. The van der Waals surface area contributed by atoms with Crippen LogP contribution in [0.5, 0.6) is 11.5 Å². The minimum absolute atomic E-state index is 0.378. The van der Waals surface area contributed by atoms with Crippen LogP contribution in [0.2, 0.25) is 15.1 Å². The molecule has 0 fully saturated rings. The smallest absolute Gasteiger partial charge is 0.164 e. The average Bonchev–Trinajstić information content (AvgIpc) is 2.36. The topological polar surface area (TPSA) is 35.2 Å². The Balaban J connectivity index is 2.21. The Labute approximate surface area is 127 Å². The highest BCUT2D eigenvalue weighted by molar-refractivity contribution is 6.40. The predicted octanol–water partition coefficient (Wildman–Crippen LogP) is 4.94. The molecule has 2 rings (SSSR count). The van der Waals surface area contributed by atoms with Crippen LogP contribution < -0.4 is 10.5 Å². The molecule has 0 aliphatic carbocycles. The molecule has 19 heavy (non-hydrogen) atoms. The van der Waals surface area contributed by atoms with Gasteiger partial charge in [-0.05, 0) is 42.8 Å². The molecule has 2 nitrogen and oxygen atoms in total. The second-order valence-electron chi connectivity index (χ2n) is 3.98. The summed E-state index contributed by atoms with van der Waals surface area (Å²) in [4.78, 5) is 0. The first-order chi connectivity index (χ1) is 9.10. The lowest BCUT2D eigenvalue weighted by atomic mass is 10.1. The van der Waals surface area contributed by atoms with Gasteiger partial charge >= 0.3 is 0 Å². The van der Waals surface area contributed by atoms with E-state index in [1.54, 1.807) is 12.1 Å². The molecule has 0 saturated heterocycles. The summed E-state index contributed by atoms with van der Waals surface area (Å²) in [5.41, 5.74) is 6.65. The second-order valence-corrected chi connectivity index (χ2v) is 5.23. The van der Waals surface area contributed by atoms with Crippen LogP contribution in [0.4, 0.5) is 0 Å². The number of hydrogen-bond donors (Lipinski definition) is 1. The third kappa shape index (κ3) is 3.77. The summed E-state index contributed by atoms with van der Waals surface area (Å²) in [6, 6.07) is 10.8. The Morgan fingerprint density at radius 1 is 0.947 bits per heavy atom. The number of halogens is 3. The first-order valence-electron chi connectivity index (χ1n) is 5.71. The predicted molar refractivity (Wildman–Crippen MR) is 80.7 cm³/mol. The van der Waals surface area contributed by atoms with Gasteiger partial charge in [0.15, 0.2) is 5.75 Å². The van der Waals surface area contributed by atoms with E-state index in [1.807, 2.05) is 24.3 Å². The maximum atomic E-state index is 6.06. The molecule has 2 aromatic carbocycles. The fraction of sp³-hybridized carbons (Fsp3) is 0.143. The maximum absolute atomic E-state index is 6.06. The fourth-order valence-corrected chi connectivity index (χ4v) is 2.53. The van der Waals surface area contributed by atoms with Crippen LogP contribution in [0, 0.1) is 0 Å². The van der Waals surface area contributed by atoms with Crippen LogP contribution in [0.15, 0.2) is 36.4 Å². The normalized spacial score (nSPS) is 10.5. The minimum atomic E-state index is 0.378. The van der Waals surface area contributed by atoms with E-state index in [0.717, 1.165) is 12.0 Å². The number of benzene rings is 2. The van der Waals surface area contributed by atoms with Crippen LogP contribution in [-0.2, 0) is 6.42 Å². The van der Waals surface area contributed by atoms with E-state index in [2.05, 4.69) is 0 Å². The van der Waals surface area contributed by atoms with Gasteiger partial charge in [0.1, 0.15) is 5.75 Å². The van der Waals surface area contributed by atoms with Gasteiger partial charge in [-0.25, -0.2) is 0 Å². The molecule has 5 heteroatoms. The Bertz CT molecular complexity index is 546. The van der Waals surface area contributed by atoms with Gasteiger partial charge < -0.3 is 10.5 Å². The van der Waals surface area contributed by atoms with Crippen LogP contribution in [-0.4, -0.2) is 6.54 Å². The molecule has 2 aromatic rings. The van der Waals surface area contributed by atoms with E-state index in [4.69, 9.17) is 45.3 Å². The highest BCUT2D eigenvalue weighted by Crippen LogP contribution is 2.38. The molecule has 0 radical (unpaired) electrons. The first kappa shape index (κ1) is 14.5. The molecule has 0 aliphatic rings. The Hall–Kier alpha value is -0.930. The lowest BCUT2D eigenvalue weighted by molar-refractivity contribution is 0.483. The van der Waals surface area contributed by atoms with E-state index in [0.29, 0.717) is 33.1 Å². The molecule has 0 aliphatic heterocycles. The van der Waals surface area contributed by atoms with E-state index < -0.39 is 0 Å². The number of rotatable bonds is 4. The van der Waals surface area contributed by atoms with Gasteiger partial charge in [0.25, 0.3) is 0 Å². The van der Waals surface area contributed by atoms with Gasteiger partial charge in [-0.2, -0.15) is 0 Å². The molecule has 2 N–H and O–H groups in total. The highest BCUT2D eigenvalue weighted by Gasteiger charge is 2.10. The second kappa shape index (κ2) is 6.49. The van der Waals surface area contributed by atoms with E-state index in [1.165, 1.54) is 0 Å². The standard InChI is InChI=1S/C14H12Cl3NO/c15-10-7-12(16)14(13(17)8-10)19-11-3-1-9(2-4-11)5-6-18/h1-4,7-8H,5-6,18H2. The summed E-state index contributed by atoms with van der Waals surface area (Å²) in [5, 5.41) is 1.23. The van der Waals surface area contributed by atoms with Crippen molar-refractivity contribution in [2.75, 3.05) is 6.54 Å². The molecular formula is C14H12Cl3NO. The average molecular weight is 317 g/mol. The number of nitrogens with two attached hydrogens (primary N) is 1. The van der Waals surface area contributed by atoms with Crippen molar-refractivity contribution in [2.24, 2.45) is 5.73 Å². The molecule has 0 bridgehead atoms. The molecule has 0 heterocycles. The Morgan fingerprint density at radius 2 is 1.53 bits per heavy atom. The van der Waals surface area contributed by atoms with Crippen molar-refractivity contribution in [1.82, 2.24) is 0 Å². The molecule has 100 valence electrons. The molecule has 0 atom stereocenters. The van der Waals surface area contributed by atoms with E-state index in [-0.39, 0.29) is 0 Å². The van der Waals surface area contributed by atoms with Crippen LogP contribution >= 0.6 is 34.8 Å². The number of hydrogen-bond acceptors (Lipinski definition) is 2. The van der Waals surface area contributed by atoms with Crippen molar-refractivity contribution in [3.05, 3.63) is 57.0 Å². The van der Waals surface area contributed by atoms with Gasteiger partial charge in [0.2, 0.25) is 0 Å². The quantitative estimate of drug-likeness (QED) is 0.867. The van der Waals surface area contributed by atoms with E-state index in [9.17, 15) is 0 Å². The van der Waals surface area contributed by atoms with Crippen LogP contribution in [0.25, 0.3) is 0 Å².